The van der Waals surface area contributed by atoms with Gasteiger partial charge in [0.2, 0.25) is 10.0 Å². The Morgan fingerprint density at radius 2 is 2.00 bits per heavy atom. The van der Waals surface area contributed by atoms with E-state index in [1.807, 2.05) is 6.92 Å². The molecule has 1 N–H and O–H groups in total. The molecule has 1 aromatic carbocycles. The lowest BCUT2D eigenvalue weighted by Gasteiger charge is -2.15. The molecule has 23 heavy (non-hydrogen) atoms. The second-order valence-electron chi connectivity index (χ2n) is 4.98. The van der Waals surface area contributed by atoms with Crippen LogP contribution in [0.25, 0.3) is 11.1 Å². The number of pyridine rings is 1. The summed E-state index contributed by atoms with van der Waals surface area (Å²) in [6.45, 7) is 1.07. The number of sulfonamides is 1. The third-order valence-corrected chi connectivity index (χ3v) is 3.59. The van der Waals surface area contributed by atoms with Gasteiger partial charge in [-0.3, -0.25) is 9.71 Å². The summed E-state index contributed by atoms with van der Waals surface area (Å²) in [5, 5.41) is 0. The van der Waals surface area contributed by atoms with Gasteiger partial charge < -0.3 is 4.74 Å². The molecule has 0 amide bonds. The van der Waals surface area contributed by atoms with Gasteiger partial charge in [-0.2, -0.15) is 0 Å². The number of hydrogen-bond acceptors (Lipinski definition) is 4. The topological polar surface area (TPSA) is 68.3 Å². The van der Waals surface area contributed by atoms with Crippen LogP contribution in [-0.4, -0.2) is 32.7 Å². The molecule has 0 fully saturated rings. The van der Waals surface area contributed by atoms with Crippen LogP contribution in [0.3, 0.4) is 0 Å². The van der Waals surface area contributed by atoms with Gasteiger partial charge in [0.05, 0.1) is 11.9 Å². The monoisotopic (exact) mass is 342 g/mol. The summed E-state index contributed by atoms with van der Waals surface area (Å²) in [6, 6.07) is 6.32. The molecule has 2 aromatic rings. The molecule has 0 bridgehead atoms. The molecule has 8 heteroatoms. The van der Waals surface area contributed by atoms with Gasteiger partial charge in [0.25, 0.3) is 6.43 Å². The number of nitrogens with one attached hydrogen (secondary N) is 1. The second kappa shape index (κ2) is 6.91. The number of halogens is 2. The quantitative estimate of drug-likeness (QED) is 0.876. The fraction of sp³-hybridized carbons (Fsp3) is 0.267. The van der Waals surface area contributed by atoms with Crippen LogP contribution in [0.1, 0.15) is 5.56 Å². The van der Waals surface area contributed by atoms with Crippen LogP contribution >= 0.6 is 0 Å². The summed E-state index contributed by atoms with van der Waals surface area (Å²) >= 11 is 0. The van der Waals surface area contributed by atoms with Gasteiger partial charge >= 0.3 is 0 Å². The highest BCUT2D eigenvalue weighted by atomic mass is 32.2. The summed E-state index contributed by atoms with van der Waals surface area (Å²) < 4.78 is 55.0. The van der Waals surface area contributed by atoms with Crippen LogP contribution in [-0.2, 0) is 10.0 Å². The van der Waals surface area contributed by atoms with Crippen molar-refractivity contribution in [2.24, 2.45) is 0 Å². The van der Waals surface area contributed by atoms with Crippen molar-refractivity contribution >= 4 is 15.7 Å². The largest absolute Gasteiger partial charge is 0.487 e. The molecule has 0 aliphatic carbocycles. The molecule has 0 radical (unpaired) electrons. The fourth-order valence-electron chi connectivity index (χ4n) is 2.04. The standard InChI is InChI=1S/C15H16F2N2O3S/c1-10-5-6-18-8-13(10)12-4-3-11(19-23(2,20)21)7-14(12)22-9-15(16)17/h3-8,15,19H,9H2,1-2H3. The van der Waals surface area contributed by atoms with Crippen molar-refractivity contribution < 1.29 is 21.9 Å². The number of aryl methyl sites for hydroxylation is 1. The van der Waals surface area contributed by atoms with E-state index < -0.39 is 23.1 Å². The van der Waals surface area contributed by atoms with Gasteiger partial charge in [-0.1, -0.05) is 0 Å². The maximum absolute atomic E-state index is 12.5. The maximum atomic E-state index is 12.5. The van der Waals surface area contributed by atoms with Crippen molar-refractivity contribution in [2.45, 2.75) is 13.3 Å². The minimum atomic E-state index is -3.48. The van der Waals surface area contributed by atoms with Crippen molar-refractivity contribution in [2.75, 3.05) is 17.6 Å². The normalized spacial score (nSPS) is 11.5. The van der Waals surface area contributed by atoms with E-state index in [9.17, 15) is 17.2 Å². The molecule has 2 rings (SSSR count). The third-order valence-electron chi connectivity index (χ3n) is 2.98. The van der Waals surface area contributed by atoms with Crippen molar-refractivity contribution in [3.05, 3.63) is 42.2 Å². The second-order valence-corrected chi connectivity index (χ2v) is 6.73. The van der Waals surface area contributed by atoms with Crippen LogP contribution in [0.4, 0.5) is 14.5 Å². The average Bonchev–Trinajstić information content (AvgIpc) is 2.44. The summed E-state index contributed by atoms with van der Waals surface area (Å²) in [4.78, 5) is 4.02. The molecule has 0 aliphatic heterocycles. The molecule has 0 spiro atoms. The van der Waals surface area contributed by atoms with E-state index in [0.717, 1.165) is 17.4 Å². The number of benzene rings is 1. The lowest BCUT2D eigenvalue weighted by atomic mass is 10.0. The van der Waals surface area contributed by atoms with Crippen LogP contribution < -0.4 is 9.46 Å². The number of alkyl halides is 2. The zero-order chi connectivity index (χ0) is 17.0. The highest BCUT2D eigenvalue weighted by Crippen LogP contribution is 2.34. The van der Waals surface area contributed by atoms with E-state index >= 15 is 0 Å². The van der Waals surface area contributed by atoms with Gasteiger partial charge in [0.1, 0.15) is 12.4 Å². The molecule has 124 valence electrons. The number of nitrogens with zero attached hydrogens (tertiary/aromatic N) is 1. The number of ether oxygens (including phenoxy) is 1. The Balaban J connectivity index is 2.46. The number of rotatable bonds is 6. The van der Waals surface area contributed by atoms with E-state index in [1.165, 1.54) is 12.1 Å². The molecule has 0 saturated heterocycles. The maximum Gasteiger partial charge on any atom is 0.272 e. The van der Waals surface area contributed by atoms with Gasteiger partial charge in [-0.05, 0) is 30.7 Å². The van der Waals surface area contributed by atoms with Crippen molar-refractivity contribution in [1.29, 1.82) is 0 Å². The summed E-state index contributed by atoms with van der Waals surface area (Å²) in [5.41, 5.74) is 2.42. The Morgan fingerprint density at radius 3 is 2.61 bits per heavy atom. The Bertz CT molecular complexity index is 795. The van der Waals surface area contributed by atoms with E-state index in [2.05, 4.69) is 9.71 Å². The van der Waals surface area contributed by atoms with Crippen LogP contribution in [0, 0.1) is 6.92 Å². The number of hydrogen-bond donors (Lipinski definition) is 1. The highest BCUT2D eigenvalue weighted by Gasteiger charge is 2.14. The van der Waals surface area contributed by atoms with Crippen molar-refractivity contribution in [3.8, 4) is 16.9 Å². The van der Waals surface area contributed by atoms with Crippen LogP contribution in [0.2, 0.25) is 0 Å². The Hall–Kier alpha value is -2.22. The molecule has 0 aliphatic rings. The first-order valence-electron chi connectivity index (χ1n) is 6.70. The predicted octanol–water partition coefficient (Wildman–Crippen LogP) is 3.07. The average molecular weight is 342 g/mol. The third kappa shape index (κ3) is 4.88. The van der Waals surface area contributed by atoms with Crippen molar-refractivity contribution in [3.63, 3.8) is 0 Å². The fourth-order valence-corrected chi connectivity index (χ4v) is 2.60. The number of anilines is 1. The van der Waals surface area contributed by atoms with E-state index in [1.54, 1.807) is 24.5 Å². The van der Waals surface area contributed by atoms with Crippen LogP contribution in [0.15, 0.2) is 36.7 Å². The zero-order valence-electron chi connectivity index (χ0n) is 12.6. The first-order chi connectivity index (χ1) is 10.8. The highest BCUT2D eigenvalue weighted by molar-refractivity contribution is 7.92. The first kappa shape index (κ1) is 17.1. The van der Waals surface area contributed by atoms with Gasteiger partial charge in [0, 0.05) is 29.6 Å². The smallest absolute Gasteiger partial charge is 0.272 e. The first-order valence-corrected chi connectivity index (χ1v) is 8.59. The molecular formula is C15H16F2N2O3S. The minimum Gasteiger partial charge on any atom is -0.487 e. The lowest BCUT2D eigenvalue weighted by Crippen LogP contribution is -2.11. The molecule has 0 unspecified atom stereocenters. The summed E-state index contributed by atoms with van der Waals surface area (Å²) in [6.07, 6.45) is 1.59. The Kier molecular flexibility index (Phi) is 5.15. The molecule has 0 saturated carbocycles. The lowest BCUT2D eigenvalue weighted by molar-refractivity contribution is 0.0822. The van der Waals surface area contributed by atoms with E-state index in [-0.39, 0.29) is 11.4 Å². The van der Waals surface area contributed by atoms with Gasteiger partial charge in [-0.25, -0.2) is 17.2 Å². The van der Waals surface area contributed by atoms with Gasteiger partial charge in [-0.15, -0.1) is 0 Å². The SMILES string of the molecule is Cc1ccncc1-c1ccc(NS(C)(=O)=O)cc1OCC(F)F. The minimum absolute atomic E-state index is 0.162. The molecule has 0 atom stereocenters. The zero-order valence-corrected chi connectivity index (χ0v) is 13.4. The van der Waals surface area contributed by atoms with E-state index in [0.29, 0.717) is 5.56 Å². The molecule has 5 nitrogen and oxygen atoms in total. The predicted molar refractivity (Wildman–Crippen MR) is 84.4 cm³/mol. The summed E-state index contributed by atoms with van der Waals surface area (Å²) in [5.74, 6) is 0.162. The molecular weight excluding hydrogens is 326 g/mol. The molecule has 1 aromatic heterocycles. The van der Waals surface area contributed by atoms with Crippen molar-refractivity contribution in [1.82, 2.24) is 4.98 Å². The number of aromatic nitrogens is 1. The Labute approximate surface area is 133 Å². The van der Waals surface area contributed by atoms with E-state index in [4.69, 9.17) is 4.74 Å². The summed E-state index contributed by atoms with van der Waals surface area (Å²) in [7, 11) is -3.48. The van der Waals surface area contributed by atoms with Crippen LogP contribution in [0.5, 0.6) is 5.75 Å². The van der Waals surface area contributed by atoms with Gasteiger partial charge in [0.15, 0.2) is 0 Å². The Morgan fingerprint density at radius 1 is 1.26 bits per heavy atom. The molecule has 1 heterocycles.